The molecule has 0 aliphatic heterocycles. The van der Waals surface area contributed by atoms with Crippen LogP contribution in [0.2, 0.25) is 0 Å². The van der Waals surface area contributed by atoms with Crippen LogP contribution in [-0.4, -0.2) is 24.5 Å². The van der Waals surface area contributed by atoms with Gasteiger partial charge in [0, 0.05) is 13.0 Å². The Balaban J connectivity index is 0.00000162. The fraction of sp³-hybridized carbons (Fsp3) is 0.273. The summed E-state index contributed by atoms with van der Waals surface area (Å²) < 4.78 is 6.18. The number of amides is 1. The van der Waals surface area contributed by atoms with Gasteiger partial charge in [0.1, 0.15) is 11.3 Å². The summed E-state index contributed by atoms with van der Waals surface area (Å²) in [6, 6.07) is 5.67. The second kappa shape index (κ2) is 6.53. The summed E-state index contributed by atoms with van der Waals surface area (Å²) in [6.45, 7) is 0.333. The van der Waals surface area contributed by atoms with Crippen molar-refractivity contribution >= 4 is 45.0 Å². The zero-order chi connectivity index (χ0) is 12.3. The number of benzene rings is 1. The molecule has 1 amide bonds. The minimum absolute atomic E-state index is 0. The van der Waals surface area contributed by atoms with Gasteiger partial charge < -0.3 is 15.8 Å². The SMILES string of the molecule is COc1cccc2sc(NC(=O)CCN)nc12.Cl. The van der Waals surface area contributed by atoms with Gasteiger partial charge >= 0.3 is 0 Å². The molecule has 2 aromatic rings. The number of nitrogens with two attached hydrogens (primary N) is 1. The molecule has 1 aromatic heterocycles. The summed E-state index contributed by atoms with van der Waals surface area (Å²) in [5.74, 6) is 0.587. The van der Waals surface area contributed by atoms with Gasteiger partial charge in [-0.1, -0.05) is 17.4 Å². The molecule has 18 heavy (non-hydrogen) atoms. The maximum Gasteiger partial charge on any atom is 0.227 e. The maximum atomic E-state index is 11.4. The molecule has 0 bridgehead atoms. The normalized spacial score (nSPS) is 9.89. The molecule has 98 valence electrons. The number of ether oxygens (including phenoxy) is 1. The molecule has 1 heterocycles. The lowest BCUT2D eigenvalue weighted by atomic mass is 10.3. The lowest BCUT2D eigenvalue weighted by molar-refractivity contribution is -0.116. The van der Waals surface area contributed by atoms with Crippen molar-refractivity contribution in [2.75, 3.05) is 19.0 Å². The van der Waals surface area contributed by atoms with Crippen molar-refractivity contribution in [3.05, 3.63) is 18.2 Å². The number of hydrogen-bond acceptors (Lipinski definition) is 5. The number of carbonyl (C=O) groups excluding carboxylic acids is 1. The number of carbonyl (C=O) groups is 1. The predicted molar refractivity (Wildman–Crippen MR) is 75.7 cm³/mol. The third kappa shape index (κ3) is 3.10. The lowest BCUT2D eigenvalue weighted by Gasteiger charge is -1.98. The molecule has 0 aliphatic rings. The van der Waals surface area contributed by atoms with Gasteiger partial charge in [0.15, 0.2) is 5.13 Å². The third-order valence-electron chi connectivity index (χ3n) is 2.22. The number of nitrogens with zero attached hydrogens (tertiary/aromatic N) is 1. The molecular formula is C11H14ClN3O2S. The first kappa shape index (κ1) is 14.7. The minimum Gasteiger partial charge on any atom is -0.494 e. The number of aromatic nitrogens is 1. The Morgan fingerprint density at radius 3 is 3.00 bits per heavy atom. The van der Waals surface area contributed by atoms with Crippen molar-refractivity contribution in [2.24, 2.45) is 5.73 Å². The Morgan fingerprint density at radius 2 is 2.33 bits per heavy atom. The average Bonchev–Trinajstić information content (AvgIpc) is 2.70. The third-order valence-corrected chi connectivity index (χ3v) is 3.16. The van der Waals surface area contributed by atoms with Crippen molar-refractivity contribution in [1.29, 1.82) is 0 Å². The first-order chi connectivity index (χ1) is 8.24. The second-order valence-corrected chi connectivity index (χ2v) is 4.44. The number of anilines is 1. The Bertz CT molecular complexity index is 544. The van der Waals surface area contributed by atoms with E-state index in [9.17, 15) is 4.79 Å². The van der Waals surface area contributed by atoms with Gasteiger partial charge in [-0.3, -0.25) is 4.79 Å². The van der Waals surface area contributed by atoms with Crippen molar-refractivity contribution in [3.63, 3.8) is 0 Å². The molecule has 0 saturated heterocycles. The van der Waals surface area contributed by atoms with E-state index >= 15 is 0 Å². The van der Waals surface area contributed by atoms with E-state index in [-0.39, 0.29) is 18.3 Å². The van der Waals surface area contributed by atoms with Crippen LogP contribution in [0.3, 0.4) is 0 Å². The number of hydrogen-bond donors (Lipinski definition) is 2. The van der Waals surface area contributed by atoms with Crippen LogP contribution in [0.4, 0.5) is 5.13 Å². The highest BCUT2D eigenvalue weighted by Crippen LogP contribution is 2.31. The number of rotatable bonds is 4. The molecule has 0 radical (unpaired) electrons. The summed E-state index contributed by atoms with van der Waals surface area (Å²) in [6.07, 6.45) is 0.299. The Morgan fingerprint density at radius 1 is 1.56 bits per heavy atom. The Hall–Kier alpha value is -1.37. The van der Waals surface area contributed by atoms with E-state index in [1.54, 1.807) is 7.11 Å². The van der Waals surface area contributed by atoms with E-state index in [1.165, 1.54) is 11.3 Å². The molecular weight excluding hydrogens is 274 g/mol. The summed E-state index contributed by atoms with van der Waals surface area (Å²) in [7, 11) is 1.60. The van der Waals surface area contributed by atoms with Gasteiger partial charge in [0.05, 0.1) is 11.8 Å². The zero-order valence-corrected chi connectivity index (χ0v) is 11.4. The van der Waals surface area contributed by atoms with Gasteiger partial charge in [-0.25, -0.2) is 4.98 Å². The average molecular weight is 288 g/mol. The van der Waals surface area contributed by atoms with Crippen molar-refractivity contribution in [3.8, 4) is 5.75 Å². The zero-order valence-electron chi connectivity index (χ0n) is 9.80. The summed E-state index contributed by atoms with van der Waals surface area (Å²) in [5.41, 5.74) is 6.07. The van der Waals surface area contributed by atoms with E-state index in [0.717, 1.165) is 10.2 Å². The van der Waals surface area contributed by atoms with Crippen molar-refractivity contribution < 1.29 is 9.53 Å². The summed E-state index contributed by atoms with van der Waals surface area (Å²) >= 11 is 1.42. The molecule has 0 spiro atoms. The molecule has 1 aromatic carbocycles. The largest absolute Gasteiger partial charge is 0.494 e. The Kier molecular flexibility index (Phi) is 5.33. The van der Waals surface area contributed by atoms with Crippen molar-refractivity contribution in [2.45, 2.75) is 6.42 Å². The molecule has 2 rings (SSSR count). The number of halogens is 1. The predicted octanol–water partition coefficient (Wildman–Crippen LogP) is 2.01. The number of fused-ring (bicyclic) bond motifs is 1. The smallest absolute Gasteiger partial charge is 0.227 e. The van der Waals surface area contributed by atoms with Gasteiger partial charge in [-0.15, -0.1) is 12.4 Å². The van der Waals surface area contributed by atoms with Crippen LogP contribution in [0, 0.1) is 0 Å². The van der Waals surface area contributed by atoms with Gasteiger partial charge in [0.2, 0.25) is 5.91 Å². The van der Waals surface area contributed by atoms with Crippen LogP contribution in [0.15, 0.2) is 18.2 Å². The molecule has 0 fully saturated rings. The van der Waals surface area contributed by atoms with Gasteiger partial charge in [0.25, 0.3) is 0 Å². The summed E-state index contributed by atoms with van der Waals surface area (Å²) in [4.78, 5) is 15.7. The standard InChI is InChI=1S/C11H13N3O2S.ClH/c1-16-7-3-2-4-8-10(7)14-11(17-8)13-9(15)5-6-12;/h2-4H,5-6,12H2,1H3,(H,13,14,15);1H. The highest BCUT2D eigenvalue weighted by Gasteiger charge is 2.10. The molecule has 0 unspecified atom stereocenters. The van der Waals surface area contributed by atoms with Crippen LogP contribution in [0.25, 0.3) is 10.2 Å². The number of thiazole rings is 1. The highest BCUT2D eigenvalue weighted by molar-refractivity contribution is 7.22. The van der Waals surface area contributed by atoms with E-state index in [1.807, 2.05) is 18.2 Å². The second-order valence-electron chi connectivity index (χ2n) is 3.41. The fourth-order valence-electron chi connectivity index (χ4n) is 1.45. The number of nitrogens with one attached hydrogen (secondary N) is 1. The van der Waals surface area contributed by atoms with E-state index in [4.69, 9.17) is 10.5 Å². The van der Waals surface area contributed by atoms with E-state index in [2.05, 4.69) is 10.3 Å². The molecule has 0 aliphatic carbocycles. The Labute approximate surface area is 115 Å². The topological polar surface area (TPSA) is 77.2 Å². The monoisotopic (exact) mass is 287 g/mol. The van der Waals surface area contributed by atoms with Crippen molar-refractivity contribution in [1.82, 2.24) is 4.98 Å². The lowest BCUT2D eigenvalue weighted by Crippen LogP contribution is -2.15. The van der Waals surface area contributed by atoms with Crippen LogP contribution in [0.1, 0.15) is 6.42 Å². The first-order valence-electron chi connectivity index (χ1n) is 5.18. The molecule has 5 nitrogen and oxygen atoms in total. The van der Waals surface area contributed by atoms with Crippen LogP contribution < -0.4 is 15.8 Å². The van der Waals surface area contributed by atoms with Crippen LogP contribution in [0.5, 0.6) is 5.75 Å². The number of methoxy groups -OCH3 is 1. The van der Waals surface area contributed by atoms with Crippen LogP contribution in [-0.2, 0) is 4.79 Å². The fourth-order valence-corrected chi connectivity index (χ4v) is 2.35. The first-order valence-corrected chi connectivity index (χ1v) is 5.99. The number of para-hydroxylation sites is 1. The van der Waals surface area contributed by atoms with Gasteiger partial charge in [-0.05, 0) is 12.1 Å². The van der Waals surface area contributed by atoms with Crippen LogP contribution >= 0.6 is 23.7 Å². The molecule has 7 heteroatoms. The highest BCUT2D eigenvalue weighted by atomic mass is 35.5. The molecule has 0 atom stereocenters. The molecule has 0 saturated carbocycles. The maximum absolute atomic E-state index is 11.4. The van der Waals surface area contributed by atoms with E-state index < -0.39 is 0 Å². The summed E-state index contributed by atoms with van der Waals surface area (Å²) in [5, 5.41) is 3.29. The van der Waals surface area contributed by atoms with Gasteiger partial charge in [-0.2, -0.15) is 0 Å². The minimum atomic E-state index is -0.120. The molecule has 3 N–H and O–H groups in total. The quantitative estimate of drug-likeness (QED) is 0.902. The van der Waals surface area contributed by atoms with E-state index in [0.29, 0.717) is 23.8 Å².